The van der Waals surface area contributed by atoms with Gasteiger partial charge >= 0.3 is 5.97 Å². The number of amides is 1. The molecule has 0 fully saturated rings. The number of carboxylic acids is 1. The minimum atomic E-state index is -0.951. The number of nitro benzene ring substituents is 1. The third-order valence-corrected chi connectivity index (χ3v) is 2.43. The molecule has 0 radical (unpaired) electrons. The lowest BCUT2D eigenvalue weighted by atomic mass is 10.2. The highest BCUT2D eigenvalue weighted by Gasteiger charge is 2.13. The summed E-state index contributed by atoms with van der Waals surface area (Å²) < 4.78 is 0. The molecule has 0 saturated heterocycles. The Labute approximate surface area is 113 Å². The summed E-state index contributed by atoms with van der Waals surface area (Å²) in [6.07, 6.45) is 0.222. The number of nitro groups is 1. The van der Waals surface area contributed by atoms with E-state index in [1.807, 2.05) is 0 Å². The van der Waals surface area contributed by atoms with Crippen molar-refractivity contribution in [3.63, 3.8) is 0 Å². The minimum absolute atomic E-state index is 0.0595. The maximum absolute atomic E-state index is 11.7. The summed E-state index contributed by atoms with van der Waals surface area (Å²) in [4.78, 5) is 31.9. The molecule has 0 aromatic heterocycles. The maximum atomic E-state index is 11.7. The van der Waals surface area contributed by atoms with E-state index in [1.165, 1.54) is 6.07 Å². The van der Waals surface area contributed by atoms with Crippen LogP contribution < -0.4 is 5.32 Å². The second kappa shape index (κ2) is 6.69. The van der Waals surface area contributed by atoms with Gasteiger partial charge < -0.3 is 10.4 Å². The second-order valence-electron chi connectivity index (χ2n) is 3.71. The predicted octanol–water partition coefficient (Wildman–Crippen LogP) is 1.84. The van der Waals surface area contributed by atoms with Gasteiger partial charge in [0.15, 0.2) is 0 Å². The molecule has 0 atom stereocenters. The van der Waals surface area contributed by atoms with Crippen molar-refractivity contribution in [1.82, 2.24) is 5.32 Å². The van der Waals surface area contributed by atoms with E-state index in [9.17, 15) is 19.7 Å². The smallest absolute Gasteiger partial charge is 0.303 e. The van der Waals surface area contributed by atoms with E-state index in [1.54, 1.807) is 0 Å². The number of hydrogen-bond donors (Lipinski definition) is 2. The van der Waals surface area contributed by atoms with Crippen LogP contribution in [0.1, 0.15) is 23.2 Å². The van der Waals surface area contributed by atoms with E-state index in [0.717, 1.165) is 12.1 Å². The maximum Gasteiger partial charge on any atom is 0.303 e. The lowest BCUT2D eigenvalue weighted by Gasteiger charge is -2.04. The van der Waals surface area contributed by atoms with Crippen LogP contribution in [0.2, 0.25) is 5.02 Å². The van der Waals surface area contributed by atoms with Gasteiger partial charge in [-0.15, -0.1) is 0 Å². The van der Waals surface area contributed by atoms with Crippen LogP contribution in [0.4, 0.5) is 5.69 Å². The fourth-order valence-corrected chi connectivity index (χ4v) is 1.58. The number of rotatable bonds is 6. The van der Waals surface area contributed by atoms with Gasteiger partial charge in [-0.25, -0.2) is 0 Å². The zero-order chi connectivity index (χ0) is 14.4. The van der Waals surface area contributed by atoms with Gasteiger partial charge in [0.25, 0.3) is 11.6 Å². The highest BCUT2D eigenvalue weighted by molar-refractivity contribution is 6.31. The fraction of sp³-hybridized carbons (Fsp3) is 0.273. The Hall–Kier alpha value is -2.15. The molecule has 2 N–H and O–H groups in total. The van der Waals surface area contributed by atoms with Crippen LogP contribution in [0.15, 0.2) is 18.2 Å². The van der Waals surface area contributed by atoms with E-state index in [4.69, 9.17) is 16.7 Å². The van der Waals surface area contributed by atoms with E-state index < -0.39 is 16.8 Å². The SMILES string of the molecule is O=C(O)CCCNC(=O)c1cc(Cl)cc([N+](=O)[O-])c1. The van der Waals surface area contributed by atoms with Crippen molar-refractivity contribution >= 4 is 29.2 Å². The zero-order valence-corrected chi connectivity index (χ0v) is 10.5. The Morgan fingerprint density at radius 1 is 1.37 bits per heavy atom. The zero-order valence-electron chi connectivity index (χ0n) is 9.76. The van der Waals surface area contributed by atoms with Gasteiger partial charge in [0.2, 0.25) is 0 Å². The van der Waals surface area contributed by atoms with Crippen molar-refractivity contribution in [2.75, 3.05) is 6.54 Å². The molecule has 0 unspecified atom stereocenters. The molecule has 0 aliphatic carbocycles. The number of nitrogens with zero attached hydrogens (tertiary/aromatic N) is 1. The summed E-state index contributed by atoms with van der Waals surface area (Å²) in [6.45, 7) is 0.172. The molecule has 102 valence electrons. The molecule has 0 saturated carbocycles. The van der Waals surface area contributed by atoms with Crippen molar-refractivity contribution in [3.8, 4) is 0 Å². The third kappa shape index (κ3) is 4.92. The van der Waals surface area contributed by atoms with Crippen molar-refractivity contribution in [2.45, 2.75) is 12.8 Å². The number of carbonyl (C=O) groups excluding carboxylic acids is 1. The Bertz CT molecular complexity index is 518. The molecule has 1 amide bonds. The molecule has 1 aromatic rings. The number of aliphatic carboxylic acids is 1. The number of halogens is 1. The molecule has 1 aromatic carbocycles. The van der Waals surface area contributed by atoms with Crippen LogP contribution in [-0.4, -0.2) is 28.5 Å². The van der Waals surface area contributed by atoms with Crippen molar-refractivity contribution in [1.29, 1.82) is 0 Å². The Balaban J connectivity index is 2.66. The number of carbonyl (C=O) groups is 2. The van der Waals surface area contributed by atoms with Crippen LogP contribution in [0.3, 0.4) is 0 Å². The van der Waals surface area contributed by atoms with Crippen LogP contribution in [0.25, 0.3) is 0 Å². The van der Waals surface area contributed by atoms with Gasteiger partial charge in [-0.3, -0.25) is 19.7 Å². The van der Waals surface area contributed by atoms with Crippen molar-refractivity contribution < 1.29 is 19.6 Å². The number of carboxylic acid groups (broad SMARTS) is 1. The Kier molecular flexibility index (Phi) is 5.25. The fourth-order valence-electron chi connectivity index (χ4n) is 1.35. The largest absolute Gasteiger partial charge is 0.481 e. The lowest BCUT2D eigenvalue weighted by molar-refractivity contribution is -0.384. The van der Waals surface area contributed by atoms with Gasteiger partial charge in [-0.1, -0.05) is 11.6 Å². The number of nitrogens with one attached hydrogen (secondary N) is 1. The first-order chi connectivity index (χ1) is 8.90. The molecule has 0 aliphatic heterocycles. The molecule has 7 nitrogen and oxygen atoms in total. The minimum Gasteiger partial charge on any atom is -0.481 e. The van der Waals surface area contributed by atoms with Gasteiger partial charge in [0.05, 0.1) is 4.92 Å². The molecular weight excluding hydrogens is 276 g/mol. The van der Waals surface area contributed by atoms with Gasteiger partial charge in [-0.2, -0.15) is 0 Å². The Morgan fingerprint density at radius 3 is 2.63 bits per heavy atom. The molecule has 0 spiro atoms. The summed E-state index contributed by atoms with van der Waals surface area (Å²) >= 11 is 5.68. The summed E-state index contributed by atoms with van der Waals surface area (Å²) in [5.74, 6) is -1.48. The first-order valence-corrected chi connectivity index (χ1v) is 5.73. The van der Waals surface area contributed by atoms with Crippen molar-refractivity contribution in [2.24, 2.45) is 0 Å². The summed E-state index contributed by atoms with van der Waals surface area (Å²) in [7, 11) is 0. The number of benzene rings is 1. The topological polar surface area (TPSA) is 110 Å². The monoisotopic (exact) mass is 286 g/mol. The Morgan fingerprint density at radius 2 is 2.05 bits per heavy atom. The highest BCUT2D eigenvalue weighted by Crippen LogP contribution is 2.20. The predicted molar refractivity (Wildman–Crippen MR) is 67.3 cm³/mol. The molecule has 19 heavy (non-hydrogen) atoms. The van der Waals surface area contributed by atoms with E-state index >= 15 is 0 Å². The average molecular weight is 287 g/mol. The van der Waals surface area contributed by atoms with Crippen LogP contribution >= 0.6 is 11.6 Å². The van der Waals surface area contributed by atoms with E-state index in [0.29, 0.717) is 0 Å². The number of non-ortho nitro benzene ring substituents is 1. The molecule has 0 bridgehead atoms. The van der Waals surface area contributed by atoms with E-state index in [2.05, 4.69) is 5.32 Å². The highest BCUT2D eigenvalue weighted by atomic mass is 35.5. The third-order valence-electron chi connectivity index (χ3n) is 2.21. The van der Waals surface area contributed by atoms with Gasteiger partial charge in [-0.05, 0) is 12.5 Å². The molecule has 0 aliphatic rings. The van der Waals surface area contributed by atoms with Crippen molar-refractivity contribution in [3.05, 3.63) is 38.9 Å². The molecule has 0 heterocycles. The van der Waals surface area contributed by atoms with Crippen LogP contribution in [0.5, 0.6) is 0 Å². The van der Waals surface area contributed by atoms with Gasteiger partial charge in [0, 0.05) is 35.7 Å². The van der Waals surface area contributed by atoms with Crippen LogP contribution in [0, 0.1) is 10.1 Å². The van der Waals surface area contributed by atoms with Gasteiger partial charge in [0.1, 0.15) is 0 Å². The summed E-state index contributed by atoms with van der Waals surface area (Å²) in [5.41, 5.74) is -0.210. The molecule has 1 rings (SSSR count). The summed E-state index contributed by atoms with van der Waals surface area (Å²) in [6, 6.07) is 3.56. The first-order valence-electron chi connectivity index (χ1n) is 5.35. The van der Waals surface area contributed by atoms with E-state index in [-0.39, 0.29) is 35.7 Å². The lowest BCUT2D eigenvalue weighted by Crippen LogP contribution is -2.24. The number of hydrogen-bond acceptors (Lipinski definition) is 4. The quantitative estimate of drug-likeness (QED) is 0.471. The average Bonchev–Trinajstić information content (AvgIpc) is 2.33. The second-order valence-corrected chi connectivity index (χ2v) is 4.14. The first kappa shape index (κ1) is 14.9. The standard InChI is InChI=1S/C11H11ClN2O5/c12-8-4-7(5-9(6-8)14(18)19)11(17)13-3-1-2-10(15)16/h4-6H,1-3H2,(H,13,17)(H,15,16). The van der Waals surface area contributed by atoms with Crippen LogP contribution in [-0.2, 0) is 4.79 Å². The summed E-state index contributed by atoms with van der Waals surface area (Å²) in [5, 5.41) is 21.6. The molecule has 8 heteroatoms. The normalized spacial score (nSPS) is 9.95. The molecular formula is C11H11ClN2O5.